The fraction of sp³-hybridized carbons (Fsp3) is 0.200. The van der Waals surface area contributed by atoms with E-state index in [1.165, 1.54) is 11.1 Å². The molecule has 0 aliphatic carbocycles. The van der Waals surface area contributed by atoms with Crippen LogP contribution in [-0.2, 0) is 13.1 Å². The Balaban J connectivity index is 1.46. The van der Waals surface area contributed by atoms with E-state index >= 15 is 0 Å². The Hall–Kier alpha value is -3.48. The van der Waals surface area contributed by atoms with Gasteiger partial charge in [-0.15, -0.1) is 0 Å². The number of aryl methyl sites for hydroxylation is 2. The number of benzene rings is 1. The second-order valence-corrected chi connectivity index (χ2v) is 6.48. The fourth-order valence-corrected chi connectivity index (χ4v) is 3.02. The third-order valence-electron chi connectivity index (χ3n) is 4.22. The van der Waals surface area contributed by atoms with E-state index < -0.39 is 0 Å². The number of aromatic nitrogens is 6. The van der Waals surface area contributed by atoms with Crippen LogP contribution in [0.5, 0.6) is 0 Å². The lowest BCUT2D eigenvalue weighted by atomic mass is 10.1. The number of anilines is 1. The Morgan fingerprint density at radius 3 is 2.70 bits per heavy atom. The van der Waals surface area contributed by atoms with Crippen molar-refractivity contribution < 1.29 is 0 Å². The molecule has 0 atom stereocenters. The summed E-state index contributed by atoms with van der Waals surface area (Å²) in [4.78, 5) is 8.92. The number of hydrogen-bond donors (Lipinski definition) is 1. The van der Waals surface area contributed by atoms with Crippen LogP contribution in [0.3, 0.4) is 0 Å². The van der Waals surface area contributed by atoms with E-state index in [9.17, 15) is 0 Å². The van der Waals surface area contributed by atoms with Gasteiger partial charge >= 0.3 is 0 Å². The Morgan fingerprint density at radius 1 is 1.04 bits per heavy atom. The summed E-state index contributed by atoms with van der Waals surface area (Å²) in [5.41, 5.74) is 4.38. The van der Waals surface area contributed by atoms with Gasteiger partial charge in [0.15, 0.2) is 5.82 Å². The number of rotatable bonds is 6. The standard InChI is InChI=1S/C20H21N7/c1-15-9-16(2)27(25-15)20-13-21-12-19(24-20)22-11-17-5-3-6-18(10-17)14-26-8-4-7-23-26/h3-10,12-13H,11,14H2,1-2H3,(H,22,24). The van der Waals surface area contributed by atoms with E-state index in [0.29, 0.717) is 12.4 Å². The summed E-state index contributed by atoms with van der Waals surface area (Å²) in [6.45, 7) is 5.40. The lowest BCUT2D eigenvalue weighted by Crippen LogP contribution is -2.07. The molecule has 7 nitrogen and oxygen atoms in total. The van der Waals surface area contributed by atoms with Crippen molar-refractivity contribution in [1.82, 2.24) is 29.5 Å². The van der Waals surface area contributed by atoms with Crippen LogP contribution < -0.4 is 5.32 Å². The van der Waals surface area contributed by atoms with Crippen LogP contribution in [0, 0.1) is 13.8 Å². The van der Waals surface area contributed by atoms with Crippen LogP contribution in [0.4, 0.5) is 5.82 Å². The first-order valence-electron chi connectivity index (χ1n) is 8.82. The predicted molar refractivity (Wildman–Crippen MR) is 104 cm³/mol. The first-order chi connectivity index (χ1) is 13.2. The Labute approximate surface area is 157 Å². The average Bonchev–Trinajstić information content (AvgIpc) is 3.30. The number of nitrogens with zero attached hydrogens (tertiary/aromatic N) is 6. The van der Waals surface area contributed by atoms with E-state index in [2.05, 4.69) is 49.7 Å². The van der Waals surface area contributed by atoms with Gasteiger partial charge in [0, 0.05) is 24.6 Å². The SMILES string of the molecule is Cc1cc(C)n(-c2cncc(NCc3cccc(Cn4cccn4)c3)n2)n1. The van der Waals surface area contributed by atoms with Gasteiger partial charge in [0.05, 0.1) is 24.6 Å². The van der Waals surface area contributed by atoms with Crippen molar-refractivity contribution in [2.45, 2.75) is 26.9 Å². The largest absolute Gasteiger partial charge is 0.365 e. The number of hydrogen-bond acceptors (Lipinski definition) is 5. The summed E-state index contributed by atoms with van der Waals surface area (Å²) >= 11 is 0. The maximum absolute atomic E-state index is 4.63. The molecule has 0 saturated carbocycles. The van der Waals surface area contributed by atoms with Crippen LogP contribution in [-0.4, -0.2) is 29.5 Å². The highest BCUT2D eigenvalue weighted by atomic mass is 15.3. The molecule has 0 unspecified atom stereocenters. The minimum absolute atomic E-state index is 0.669. The summed E-state index contributed by atoms with van der Waals surface area (Å²) in [5, 5.41) is 12.1. The molecule has 27 heavy (non-hydrogen) atoms. The van der Waals surface area contributed by atoms with E-state index in [1.54, 1.807) is 23.3 Å². The predicted octanol–water partition coefficient (Wildman–Crippen LogP) is 3.14. The fourth-order valence-electron chi connectivity index (χ4n) is 3.02. The molecular formula is C20H21N7. The second kappa shape index (κ2) is 7.41. The van der Waals surface area contributed by atoms with Gasteiger partial charge in [0.25, 0.3) is 0 Å². The van der Waals surface area contributed by atoms with Crippen molar-refractivity contribution >= 4 is 5.82 Å². The molecule has 1 N–H and O–H groups in total. The minimum atomic E-state index is 0.669. The molecule has 3 aromatic heterocycles. The zero-order chi connectivity index (χ0) is 18.6. The summed E-state index contributed by atoms with van der Waals surface area (Å²) < 4.78 is 3.72. The smallest absolute Gasteiger partial charge is 0.174 e. The molecule has 7 heteroatoms. The quantitative estimate of drug-likeness (QED) is 0.572. The average molecular weight is 359 g/mol. The molecule has 0 radical (unpaired) electrons. The molecule has 4 rings (SSSR count). The Bertz CT molecular complexity index is 1030. The monoisotopic (exact) mass is 359 g/mol. The third kappa shape index (κ3) is 4.03. The molecule has 0 saturated heterocycles. The topological polar surface area (TPSA) is 73.5 Å². The normalized spacial score (nSPS) is 10.9. The molecule has 0 aliphatic rings. The van der Waals surface area contributed by atoms with Crippen LogP contribution in [0.2, 0.25) is 0 Å². The summed E-state index contributed by atoms with van der Waals surface area (Å²) in [7, 11) is 0. The van der Waals surface area contributed by atoms with Gasteiger partial charge in [-0.1, -0.05) is 24.3 Å². The van der Waals surface area contributed by atoms with Crippen molar-refractivity contribution in [3.8, 4) is 5.82 Å². The van der Waals surface area contributed by atoms with Crippen molar-refractivity contribution in [3.63, 3.8) is 0 Å². The van der Waals surface area contributed by atoms with Crippen LogP contribution in [0.1, 0.15) is 22.5 Å². The lowest BCUT2D eigenvalue weighted by molar-refractivity contribution is 0.686. The van der Waals surface area contributed by atoms with E-state index in [4.69, 9.17) is 0 Å². The molecule has 0 bridgehead atoms. The second-order valence-electron chi connectivity index (χ2n) is 6.48. The van der Waals surface area contributed by atoms with Crippen molar-refractivity contribution in [2.75, 3.05) is 5.32 Å². The first kappa shape index (κ1) is 17.0. The maximum atomic E-state index is 4.63. The molecular weight excluding hydrogens is 338 g/mol. The number of nitrogens with one attached hydrogen (secondary N) is 1. The van der Waals surface area contributed by atoms with Gasteiger partial charge in [-0.05, 0) is 37.1 Å². The van der Waals surface area contributed by atoms with Gasteiger partial charge < -0.3 is 5.32 Å². The zero-order valence-electron chi connectivity index (χ0n) is 15.4. The Morgan fingerprint density at radius 2 is 1.93 bits per heavy atom. The van der Waals surface area contributed by atoms with Gasteiger partial charge in [0.1, 0.15) is 5.82 Å². The molecule has 0 aliphatic heterocycles. The highest BCUT2D eigenvalue weighted by molar-refractivity contribution is 5.38. The zero-order valence-corrected chi connectivity index (χ0v) is 15.4. The summed E-state index contributed by atoms with van der Waals surface area (Å²) in [6.07, 6.45) is 7.20. The van der Waals surface area contributed by atoms with Crippen molar-refractivity contribution in [1.29, 1.82) is 0 Å². The van der Waals surface area contributed by atoms with Gasteiger partial charge in [0.2, 0.25) is 0 Å². The molecule has 4 aromatic rings. The van der Waals surface area contributed by atoms with Crippen molar-refractivity contribution in [3.05, 3.63) is 83.7 Å². The molecule has 0 spiro atoms. The van der Waals surface area contributed by atoms with Gasteiger partial charge in [-0.2, -0.15) is 10.2 Å². The van der Waals surface area contributed by atoms with E-state index in [1.807, 2.05) is 36.9 Å². The molecule has 0 amide bonds. The van der Waals surface area contributed by atoms with Gasteiger partial charge in [-0.25, -0.2) is 9.67 Å². The molecule has 3 heterocycles. The molecule has 1 aromatic carbocycles. The van der Waals surface area contributed by atoms with E-state index in [-0.39, 0.29) is 0 Å². The Kier molecular flexibility index (Phi) is 4.65. The van der Waals surface area contributed by atoms with E-state index in [0.717, 1.165) is 23.8 Å². The van der Waals surface area contributed by atoms with Gasteiger partial charge in [-0.3, -0.25) is 9.67 Å². The minimum Gasteiger partial charge on any atom is -0.365 e. The first-order valence-corrected chi connectivity index (χ1v) is 8.82. The maximum Gasteiger partial charge on any atom is 0.174 e. The highest BCUT2D eigenvalue weighted by Gasteiger charge is 2.07. The van der Waals surface area contributed by atoms with Crippen LogP contribution in [0.25, 0.3) is 5.82 Å². The van der Waals surface area contributed by atoms with Crippen LogP contribution in [0.15, 0.2) is 61.2 Å². The molecule has 0 fully saturated rings. The van der Waals surface area contributed by atoms with Crippen LogP contribution >= 0.6 is 0 Å². The lowest BCUT2D eigenvalue weighted by Gasteiger charge is -2.09. The summed E-state index contributed by atoms with van der Waals surface area (Å²) in [5.74, 6) is 1.43. The van der Waals surface area contributed by atoms with Crippen molar-refractivity contribution in [2.24, 2.45) is 0 Å². The highest BCUT2D eigenvalue weighted by Crippen LogP contribution is 2.13. The molecule has 136 valence electrons. The third-order valence-corrected chi connectivity index (χ3v) is 4.22. The summed E-state index contributed by atoms with van der Waals surface area (Å²) in [6, 6.07) is 12.4.